The predicted molar refractivity (Wildman–Crippen MR) is 112 cm³/mol. The zero-order valence-corrected chi connectivity index (χ0v) is 18.5. The maximum Gasteiger partial charge on any atom is 0.433 e. The van der Waals surface area contributed by atoms with Gasteiger partial charge in [0.25, 0.3) is 5.91 Å². The number of amides is 1. The lowest BCUT2D eigenvalue weighted by Crippen LogP contribution is -2.41. The topological polar surface area (TPSA) is 101 Å². The number of carbonyl (C=O) groups is 1. The highest BCUT2D eigenvalue weighted by atomic mass is 32.2. The first-order chi connectivity index (χ1) is 15.0. The monoisotopic (exact) mass is 474 g/mol. The van der Waals surface area contributed by atoms with E-state index < -0.39 is 28.0 Å². The number of methoxy groups -OCH3 is 1. The number of anilines is 1. The SMILES string of the molecule is COCCN1C(C(=O)Nc2cccc(C(F)(F)F)n2)=CC(C2CCC(C)CC2)=NS1(=O)=O. The normalized spacial score (nSPS) is 23.3. The van der Waals surface area contributed by atoms with Crippen molar-refractivity contribution in [3.05, 3.63) is 35.7 Å². The second kappa shape index (κ2) is 9.57. The number of hydrogen-bond acceptors (Lipinski definition) is 5. The smallest absolute Gasteiger partial charge is 0.383 e. The number of rotatable bonds is 6. The fourth-order valence-electron chi connectivity index (χ4n) is 3.72. The number of alkyl halides is 3. The summed E-state index contributed by atoms with van der Waals surface area (Å²) in [6, 6.07) is 3.08. The lowest BCUT2D eigenvalue weighted by molar-refractivity contribution is -0.141. The van der Waals surface area contributed by atoms with Gasteiger partial charge in [-0.05, 0) is 37.0 Å². The predicted octanol–water partition coefficient (Wildman–Crippen LogP) is 3.40. The molecular formula is C20H25F3N4O4S. The molecule has 2 aliphatic rings. The third-order valence-corrected chi connectivity index (χ3v) is 6.88. The third-order valence-electron chi connectivity index (χ3n) is 5.50. The van der Waals surface area contributed by atoms with E-state index in [1.54, 1.807) is 0 Å². The average molecular weight is 475 g/mol. The second-order valence-corrected chi connectivity index (χ2v) is 9.42. The molecule has 1 aliphatic heterocycles. The first-order valence-electron chi connectivity index (χ1n) is 10.2. The highest BCUT2D eigenvalue weighted by molar-refractivity contribution is 7.88. The molecule has 12 heteroatoms. The van der Waals surface area contributed by atoms with Crippen molar-refractivity contribution >= 4 is 27.6 Å². The molecule has 0 saturated heterocycles. The van der Waals surface area contributed by atoms with Crippen molar-refractivity contribution in [1.29, 1.82) is 0 Å². The van der Waals surface area contributed by atoms with Gasteiger partial charge >= 0.3 is 16.4 Å². The molecule has 0 aromatic carbocycles. The molecule has 1 N–H and O–H groups in total. The van der Waals surface area contributed by atoms with E-state index in [9.17, 15) is 26.4 Å². The molecule has 1 aromatic rings. The minimum Gasteiger partial charge on any atom is -0.383 e. The number of nitrogens with one attached hydrogen (secondary N) is 1. The molecule has 0 atom stereocenters. The quantitative estimate of drug-likeness (QED) is 0.681. The first-order valence-corrected chi connectivity index (χ1v) is 11.6. The van der Waals surface area contributed by atoms with Crippen LogP contribution in [-0.4, -0.2) is 49.6 Å². The van der Waals surface area contributed by atoms with Crippen molar-refractivity contribution in [1.82, 2.24) is 9.29 Å². The number of nitrogens with zero attached hydrogens (tertiary/aromatic N) is 3. The van der Waals surface area contributed by atoms with E-state index in [1.165, 1.54) is 19.3 Å². The van der Waals surface area contributed by atoms with E-state index in [0.29, 0.717) is 5.92 Å². The molecule has 1 fully saturated rings. The molecule has 0 bridgehead atoms. The minimum absolute atomic E-state index is 0.00252. The molecule has 32 heavy (non-hydrogen) atoms. The number of carbonyl (C=O) groups excluding carboxylic acids is 1. The first kappa shape index (κ1) is 24.2. The summed E-state index contributed by atoms with van der Waals surface area (Å²) < 4.78 is 74.2. The maximum absolute atomic E-state index is 13.0. The van der Waals surface area contributed by atoms with Crippen LogP contribution >= 0.6 is 0 Å². The zero-order valence-electron chi connectivity index (χ0n) is 17.7. The van der Waals surface area contributed by atoms with Gasteiger partial charge in [0, 0.05) is 13.0 Å². The summed E-state index contributed by atoms with van der Waals surface area (Å²) in [5, 5.41) is 2.28. The van der Waals surface area contributed by atoms with Crippen LogP contribution < -0.4 is 5.32 Å². The number of pyridine rings is 1. The van der Waals surface area contributed by atoms with Crippen molar-refractivity contribution in [2.75, 3.05) is 25.6 Å². The van der Waals surface area contributed by atoms with Crippen LogP contribution in [0.5, 0.6) is 0 Å². The number of ether oxygens (including phenoxy) is 1. The van der Waals surface area contributed by atoms with Crippen molar-refractivity contribution < 1.29 is 31.1 Å². The van der Waals surface area contributed by atoms with Crippen LogP contribution in [0.1, 0.15) is 38.3 Å². The number of allylic oxidation sites excluding steroid dienone is 1. The van der Waals surface area contributed by atoms with Gasteiger partial charge in [-0.3, -0.25) is 4.79 Å². The lowest BCUT2D eigenvalue weighted by atomic mass is 9.80. The van der Waals surface area contributed by atoms with Crippen molar-refractivity contribution in [3.8, 4) is 0 Å². The standard InChI is InChI=1S/C20H25F3N4O4S/c1-13-6-8-14(9-7-13)15-12-16(27(10-11-31-2)32(29,30)26-15)19(28)25-18-5-3-4-17(24-18)20(21,22)23/h3-5,12-14H,6-11H2,1-2H3,(H,24,25,28). The van der Waals surface area contributed by atoms with Crippen LogP contribution in [0.25, 0.3) is 0 Å². The molecule has 1 saturated carbocycles. The van der Waals surface area contributed by atoms with Gasteiger partial charge in [-0.2, -0.15) is 21.6 Å². The fraction of sp³-hybridized carbons (Fsp3) is 0.550. The Morgan fingerprint density at radius 3 is 2.56 bits per heavy atom. The third kappa shape index (κ3) is 5.66. The van der Waals surface area contributed by atoms with Crippen LogP contribution in [-0.2, 0) is 25.9 Å². The molecule has 2 heterocycles. The van der Waals surface area contributed by atoms with Crippen molar-refractivity contribution in [2.45, 2.75) is 38.8 Å². The maximum atomic E-state index is 13.0. The molecule has 8 nitrogen and oxygen atoms in total. The Morgan fingerprint density at radius 2 is 1.94 bits per heavy atom. The summed E-state index contributed by atoms with van der Waals surface area (Å²) in [5.41, 5.74) is -1.12. The molecule has 3 rings (SSSR count). The Balaban J connectivity index is 1.92. The summed E-state index contributed by atoms with van der Waals surface area (Å²) in [6.07, 6.45) is 0.0422. The van der Waals surface area contributed by atoms with E-state index in [0.717, 1.165) is 42.1 Å². The number of hydrogen-bond donors (Lipinski definition) is 1. The summed E-state index contributed by atoms with van der Waals surface area (Å²) >= 11 is 0. The highest BCUT2D eigenvalue weighted by Gasteiger charge is 2.36. The zero-order chi connectivity index (χ0) is 23.5. The summed E-state index contributed by atoms with van der Waals surface area (Å²) in [5.74, 6) is -0.817. The van der Waals surface area contributed by atoms with Gasteiger partial charge in [0.15, 0.2) is 0 Å². The van der Waals surface area contributed by atoms with Crippen LogP contribution in [0, 0.1) is 11.8 Å². The van der Waals surface area contributed by atoms with E-state index in [4.69, 9.17) is 4.74 Å². The van der Waals surface area contributed by atoms with E-state index in [1.807, 2.05) is 0 Å². The number of aromatic nitrogens is 1. The van der Waals surface area contributed by atoms with E-state index in [-0.39, 0.29) is 36.3 Å². The van der Waals surface area contributed by atoms with Gasteiger partial charge in [0.05, 0.1) is 18.9 Å². The fourth-order valence-corrected chi connectivity index (χ4v) is 4.98. The van der Waals surface area contributed by atoms with Crippen LogP contribution in [0.2, 0.25) is 0 Å². The Kier molecular flexibility index (Phi) is 7.23. The summed E-state index contributed by atoms with van der Waals surface area (Å²) in [6.45, 7) is 1.95. The lowest BCUT2D eigenvalue weighted by Gasteiger charge is -2.31. The molecule has 176 valence electrons. The summed E-state index contributed by atoms with van der Waals surface area (Å²) in [4.78, 5) is 16.4. The van der Waals surface area contributed by atoms with Crippen molar-refractivity contribution in [3.63, 3.8) is 0 Å². The van der Waals surface area contributed by atoms with Gasteiger partial charge in [-0.1, -0.05) is 25.8 Å². The highest BCUT2D eigenvalue weighted by Crippen LogP contribution is 2.33. The van der Waals surface area contributed by atoms with E-state index in [2.05, 4.69) is 21.6 Å². The number of halogens is 3. The summed E-state index contributed by atoms with van der Waals surface area (Å²) in [7, 11) is -2.83. The van der Waals surface area contributed by atoms with Crippen LogP contribution in [0.15, 0.2) is 34.4 Å². The molecule has 1 amide bonds. The largest absolute Gasteiger partial charge is 0.433 e. The molecule has 0 radical (unpaired) electrons. The Bertz CT molecular complexity index is 1020. The molecular weight excluding hydrogens is 449 g/mol. The Morgan fingerprint density at radius 1 is 1.25 bits per heavy atom. The van der Waals surface area contributed by atoms with Gasteiger partial charge in [-0.15, -0.1) is 4.40 Å². The Labute approximate surface area is 184 Å². The molecule has 0 spiro atoms. The van der Waals surface area contributed by atoms with Crippen molar-refractivity contribution in [2.24, 2.45) is 16.2 Å². The second-order valence-electron chi connectivity index (χ2n) is 7.91. The van der Waals surface area contributed by atoms with Gasteiger partial charge in [0.2, 0.25) is 0 Å². The molecule has 0 unspecified atom stereocenters. The van der Waals surface area contributed by atoms with Crippen LogP contribution in [0.3, 0.4) is 0 Å². The average Bonchev–Trinajstić information content (AvgIpc) is 2.72. The molecule has 1 aliphatic carbocycles. The van der Waals surface area contributed by atoms with Gasteiger partial charge in [0.1, 0.15) is 17.2 Å². The Hall–Kier alpha value is -2.47. The molecule has 1 aromatic heterocycles. The van der Waals surface area contributed by atoms with Gasteiger partial charge < -0.3 is 10.1 Å². The minimum atomic E-state index is -4.68. The van der Waals surface area contributed by atoms with Crippen LogP contribution in [0.4, 0.5) is 19.0 Å². The van der Waals surface area contributed by atoms with E-state index >= 15 is 0 Å². The van der Waals surface area contributed by atoms with Gasteiger partial charge in [-0.25, -0.2) is 9.29 Å².